The van der Waals surface area contributed by atoms with Gasteiger partial charge in [-0.05, 0) is 76.9 Å². The molecule has 4 rings (SSSR count). The first-order chi connectivity index (χ1) is 14.4. The van der Waals surface area contributed by atoms with Gasteiger partial charge < -0.3 is 9.80 Å². The van der Waals surface area contributed by atoms with Crippen LogP contribution in [0.3, 0.4) is 0 Å². The molecule has 0 saturated carbocycles. The average molecular weight is 411 g/mol. The van der Waals surface area contributed by atoms with Gasteiger partial charge in [0.15, 0.2) is 0 Å². The Morgan fingerprint density at radius 3 is 2.77 bits per heavy atom. The summed E-state index contributed by atoms with van der Waals surface area (Å²) in [5, 5.41) is 0. The number of aromatic nitrogens is 2. The van der Waals surface area contributed by atoms with E-state index in [2.05, 4.69) is 21.9 Å². The van der Waals surface area contributed by atoms with Crippen molar-refractivity contribution in [1.29, 1.82) is 0 Å². The summed E-state index contributed by atoms with van der Waals surface area (Å²) in [4.78, 5) is 27.2. The Morgan fingerprint density at radius 1 is 1.23 bits per heavy atom. The fourth-order valence-corrected chi connectivity index (χ4v) is 4.97. The predicted molar refractivity (Wildman–Crippen MR) is 115 cm³/mol. The number of nitrogens with zero attached hydrogens (tertiary/aromatic N) is 4. The monoisotopic (exact) mass is 410 g/mol. The van der Waals surface area contributed by atoms with Gasteiger partial charge in [-0.25, -0.2) is 4.39 Å². The highest BCUT2D eigenvalue weighted by Gasteiger charge is 2.44. The van der Waals surface area contributed by atoms with Gasteiger partial charge in [-0.15, -0.1) is 0 Å². The van der Waals surface area contributed by atoms with E-state index in [1.165, 1.54) is 6.07 Å². The number of carbonyl (C=O) groups is 1. The molecule has 2 aliphatic heterocycles. The molecule has 160 valence electrons. The summed E-state index contributed by atoms with van der Waals surface area (Å²) in [6, 6.07) is 6.72. The molecule has 3 heterocycles. The van der Waals surface area contributed by atoms with Crippen LogP contribution in [0, 0.1) is 18.2 Å². The number of hydrogen-bond acceptors (Lipinski definition) is 4. The van der Waals surface area contributed by atoms with Crippen molar-refractivity contribution in [3.8, 4) is 0 Å². The van der Waals surface area contributed by atoms with Crippen molar-refractivity contribution in [1.82, 2.24) is 19.8 Å². The lowest BCUT2D eigenvalue weighted by Crippen LogP contribution is -2.52. The maximum absolute atomic E-state index is 13.9. The molecule has 6 heteroatoms. The Kier molecular flexibility index (Phi) is 6.14. The van der Waals surface area contributed by atoms with Crippen LogP contribution in [0.4, 0.5) is 4.39 Å². The van der Waals surface area contributed by atoms with Gasteiger partial charge in [0.1, 0.15) is 5.82 Å². The van der Waals surface area contributed by atoms with Gasteiger partial charge in [0.2, 0.25) is 5.91 Å². The van der Waals surface area contributed by atoms with Crippen molar-refractivity contribution in [3.05, 3.63) is 59.4 Å². The number of benzene rings is 1. The second kappa shape index (κ2) is 8.80. The molecule has 0 aliphatic carbocycles. The van der Waals surface area contributed by atoms with Crippen molar-refractivity contribution < 1.29 is 9.18 Å². The Hall–Kier alpha value is -2.34. The molecular weight excluding hydrogens is 379 g/mol. The van der Waals surface area contributed by atoms with Crippen molar-refractivity contribution >= 4 is 5.91 Å². The Bertz CT molecular complexity index is 894. The number of rotatable bonds is 4. The van der Waals surface area contributed by atoms with Gasteiger partial charge in [0.05, 0.1) is 16.8 Å². The second-order valence-corrected chi connectivity index (χ2v) is 9.07. The minimum Gasteiger partial charge on any atom is -0.342 e. The maximum atomic E-state index is 13.9. The molecule has 2 aromatic rings. The van der Waals surface area contributed by atoms with Crippen molar-refractivity contribution in [2.45, 2.75) is 44.9 Å². The van der Waals surface area contributed by atoms with E-state index in [1.807, 2.05) is 24.1 Å². The quantitative estimate of drug-likeness (QED) is 0.773. The number of amides is 1. The highest BCUT2D eigenvalue weighted by molar-refractivity contribution is 5.83. The molecule has 1 aromatic heterocycles. The lowest BCUT2D eigenvalue weighted by atomic mass is 9.72. The summed E-state index contributed by atoms with van der Waals surface area (Å²) in [5.74, 6) is 0.219. The summed E-state index contributed by atoms with van der Waals surface area (Å²) in [6.45, 7) is 5.21. The number of piperidine rings is 2. The normalized spacial score (nSPS) is 22.1. The SMILES string of the molecule is Cc1cncc([C@@H]2CCCN(C(=O)C3(Cc4cccc(F)c4)CCN(C)CC3)C2)n1. The van der Waals surface area contributed by atoms with E-state index in [4.69, 9.17) is 0 Å². The Morgan fingerprint density at radius 2 is 2.03 bits per heavy atom. The lowest BCUT2D eigenvalue weighted by molar-refractivity contribution is -0.146. The van der Waals surface area contributed by atoms with Crippen molar-refractivity contribution in [2.24, 2.45) is 5.41 Å². The van der Waals surface area contributed by atoms with E-state index < -0.39 is 5.41 Å². The smallest absolute Gasteiger partial charge is 0.229 e. The zero-order valence-corrected chi connectivity index (χ0v) is 18.0. The van der Waals surface area contributed by atoms with Gasteiger partial charge in [-0.2, -0.15) is 0 Å². The fourth-order valence-electron chi connectivity index (χ4n) is 4.97. The summed E-state index contributed by atoms with van der Waals surface area (Å²) in [7, 11) is 2.10. The van der Waals surface area contributed by atoms with Crippen LogP contribution in [0.1, 0.15) is 48.6 Å². The largest absolute Gasteiger partial charge is 0.342 e. The van der Waals surface area contributed by atoms with Crippen LogP contribution in [0.15, 0.2) is 36.7 Å². The highest BCUT2D eigenvalue weighted by atomic mass is 19.1. The molecule has 0 spiro atoms. The molecule has 0 bridgehead atoms. The van der Waals surface area contributed by atoms with Crippen LogP contribution >= 0.6 is 0 Å². The van der Waals surface area contributed by atoms with Crippen LogP contribution in [0.5, 0.6) is 0 Å². The van der Waals surface area contributed by atoms with Gasteiger partial charge in [-0.3, -0.25) is 14.8 Å². The molecule has 1 atom stereocenters. The fraction of sp³-hybridized carbons (Fsp3) is 0.542. The summed E-state index contributed by atoms with van der Waals surface area (Å²) in [5.41, 5.74) is 2.34. The van der Waals surface area contributed by atoms with Crippen LogP contribution < -0.4 is 0 Å². The molecule has 2 saturated heterocycles. The number of halogens is 1. The first-order valence-electron chi connectivity index (χ1n) is 11.0. The van der Waals surface area contributed by atoms with Crippen molar-refractivity contribution in [2.75, 3.05) is 33.2 Å². The standard InChI is InChI=1S/C24H31FN4O/c1-18-15-26-16-22(27-18)20-6-4-10-29(17-20)23(30)24(8-11-28(2)12-9-24)14-19-5-3-7-21(25)13-19/h3,5,7,13,15-16,20H,4,6,8-12,14,17H2,1-2H3/t20-/m1/s1. The molecule has 0 radical (unpaired) electrons. The number of aryl methyl sites for hydroxylation is 1. The molecule has 2 fully saturated rings. The minimum absolute atomic E-state index is 0.227. The minimum atomic E-state index is -0.458. The summed E-state index contributed by atoms with van der Waals surface area (Å²) < 4.78 is 13.8. The highest BCUT2D eigenvalue weighted by Crippen LogP contribution is 2.39. The Labute approximate surface area is 178 Å². The molecule has 0 unspecified atom stereocenters. The first kappa shape index (κ1) is 20.9. The first-order valence-corrected chi connectivity index (χ1v) is 11.0. The molecule has 2 aliphatic rings. The maximum Gasteiger partial charge on any atom is 0.229 e. The van der Waals surface area contributed by atoms with Crippen LogP contribution in [-0.4, -0.2) is 58.9 Å². The van der Waals surface area contributed by atoms with E-state index in [1.54, 1.807) is 18.3 Å². The predicted octanol–water partition coefficient (Wildman–Crippen LogP) is 3.58. The van der Waals surface area contributed by atoms with E-state index in [9.17, 15) is 9.18 Å². The second-order valence-electron chi connectivity index (χ2n) is 9.07. The topological polar surface area (TPSA) is 49.3 Å². The molecule has 1 aromatic carbocycles. The molecule has 1 amide bonds. The zero-order chi connectivity index (χ0) is 21.1. The van der Waals surface area contributed by atoms with E-state index >= 15 is 0 Å². The van der Waals surface area contributed by atoms with Crippen molar-refractivity contribution in [3.63, 3.8) is 0 Å². The van der Waals surface area contributed by atoms with Crippen LogP contribution in [0.25, 0.3) is 0 Å². The number of hydrogen-bond donors (Lipinski definition) is 0. The van der Waals surface area contributed by atoms with Crippen LogP contribution in [-0.2, 0) is 11.2 Å². The van der Waals surface area contributed by atoms with E-state index in [0.717, 1.165) is 62.3 Å². The number of likely N-dealkylation sites (tertiary alicyclic amines) is 2. The third-order valence-electron chi connectivity index (χ3n) is 6.73. The van der Waals surface area contributed by atoms with Gasteiger partial charge in [0, 0.05) is 31.4 Å². The zero-order valence-electron chi connectivity index (χ0n) is 18.0. The van der Waals surface area contributed by atoms with Crippen LogP contribution in [0.2, 0.25) is 0 Å². The van der Waals surface area contributed by atoms with E-state index in [0.29, 0.717) is 13.0 Å². The summed E-state index contributed by atoms with van der Waals surface area (Å²) >= 11 is 0. The third-order valence-corrected chi connectivity index (χ3v) is 6.73. The molecule has 0 N–H and O–H groups in total. The Balaban J connectivity index is 1.56. The van der Waals surface area contributed by atoms with Gasteiger partial charge >= 0.3 is 0 Å². The van der Waals surface area contributed by atoms with Gasteiger partial charge in [0.25, 0.3) is 0 Å². The number of carbonyl (C=O) groups excluding carboxylic acids is 1. The summed E-state index contributed by atoms with van der Waals surface area (Å²) in [6.07, 6.45) is 7.83. The molecular formula is C24H31FN4O. The lowest BCUT2D eigenvalue weighted by Gasteiger charge is -2.44. The van der Waals surface area contributed by atoms with Gasteiger partial charge in [-0.1, -0.05) is 12.1 Å². The molecule has 5 nitrogen and oxygen atoms in total. The third kappa shape index (κ3) is 4.53. The molecule has 30 heavy (non-hydrogen) atoms. The average Bonchev–Trinajstić information content (AvgIpc) is 2.75. The van der Waals surface area contributed by atoms with E-state index in [-0.39, 0.29) is 17.6 Å².